The highest BCUT2D eigenvalue weighted by Crippen LogP contribution is 2.20. The molecular weight excluding hydrogens is 375 g/mol. The molecule has 0 saturated heterocycles. The minimum absolute atomic E-state index is 0. The quantitative estimate of drug-likeness (QED) is 0.463. The van der Waals surface area contributed by atoms with E-state index in [-0.39, 0.29) is 24.0 Å². The molecule has 1 aromatic rings. The van der Waals surface area contributed by atoms with E-state index in [1.165, 1.54) is 24.0 Å². The van der Waals surface area contributed by atoms with Crippen LogP contribution in [0.25, 0.3) is 0 Å². The third-order valence-corrected chi connectivity index (χ3v) is 4.24. The minimum Gasteiger partial charge on any atom is -0.370 e. The number of halogens is 1. The van der Waals surface area contributed by atoms with Gasteiger partial charge in [-0.2, -0.15) is 0 Å². The molecule has 0 amide bonds. The van der Waals surface area contributed by atoms with Gasteiger partial charge in [-0.15, -0.1) is 24.0 Å². The van der Waals surface area contributed by atoms with Gasteiger partial charge in [0.15, 0.2) is 5.96 Å². The molecule has 3 N–H and O–H groups in total. The number of nitrogens with one attached hydrogen (secondary N) is 1. The summed E-state index contributed by atoms with van der Waals surface area (Å²) in [6.45, 7) is 5.15. The normalized spacial score (nSPS) is 20.3. The maximum absolute atomic E-state index is 5.89. The summed E-state index contributed by atoms with van der Waals surface area (Å²) in [6.07, 6.45) is 3.60. The Balaban J connectivity index is 0.00000161. The molecule has 0 aromatic heterocycles. The average molecular weight is 400 g/mol. The van der Waals surface area contributed by atoms with Gasteiger partial charge in [-0.25, -0.2) is 0 Å². The van der Waals surface area contributed by atoms with Gasteiger partial charge in [-0.3, -0.25) is 9.89 Å². The monoisotopic (exact) mass is 400 g/mol. The van der Waals surface area contributed by atoms with Crippen molar-refractivity contribution in [1.82, 2.24) is 10.2 Å². The van der Waals surface area contributed by atoms with Crippen LogP contribution in [0, 0.1) is 0 Å². The van der Waals surface area contributed by atoms with E-state index in [1.807, 2.05) is 0 Å². The summed E-state index contributed by atoms with van der Waals surface area (Å²) < 4.78 is 0. The topological polar surface area (TPSA) is 53.6 Å². The van der Waals surface area contributed by atoms with Crippen molar-refractivity contribution in [2.24, 2.45) is 10.7 Å². The Kier molecular flexibility index (Phi) is 5.87. The van der Waals surface area contributed by atoms with Crippen LogP contribution in [0.1, 0.15) is 30.9 Å². The number of hydrogen-bond donors (Lipinski definition) is 2. The van der Waals surface area contributed by atoms with Crippen LogP contribution in [0.5, 0.6) is 0 Å². The summed E-state index contributed by atoms with van der Waals surface area (Å²) in [4.78, 5) is 6.97. The molecule has 3 rings (SSSR count). The molecule has 5 heteroatoms. The molecule has 1 aliphatic carbocycles. The largest absolute Gasteiger partial charge is 0.370 e. The second-order valence-electron chi connectivity index (χ2n) is 5.98. The van der Waals surface area contributed by atoms with E-state index >= 15 is 0 Å². The van der Waals surface area contributed by atoms with Crippen molar-refractivity contribution in [3.8, 4) is 0 Å². The van der Waals surface area contributed by atoms with Gasteiger partial charge >= 0.3 is 0 Å². The Morgan fingerprint density at radius 2 is 2.10 bits per heavy atom. The lowest BCUT2D eigenvalue weighted by Crippen LogP contribution is -2.40. The van der Waals surface area contributed by atoms with Gasteiger partial charge in [0.05, 0.1) is 6.54 Å². The molecule has 0 spiro atoms. The molecule has 1 aromatic carbocycles. The molecule has 1 fully saturated rings. The molecule has 0 bridgehead atoms. The van der Waals surface area contributed by atoms with E-state index < -0.39 is 0 Å². The molecule has 0 radical (unpaired) electrons. The van der Waals surface area contributed by atoms with Gasteiger partial charge in [0.25, 0.3) is 0 Å². The van der Waals surface area contributed by atoms with Gasteiger partial charge in [0.1, 0.15) is 0 Å². The van der Waals surface area contributed by atoms with Crippen LogP contribution in [-0.4, -0.2) is 36.0 Å². The molecule has 1 saturated carbocycles. The molecular formula is C16H25IN4. The lowest BCUT2D eigenvalue weighted by atomic mass is 9.99. The summed E-state index contributed by atoms with van der Waals surface area (Å²) in [5, 5.41) is 3.24. The molecule has 4 nitrogen and oxygen atoms in total. The highest BCUT2D eigenvalue weighted by atomic mass is 127. The van der Waals surface area contributed by atoms with Crippen LogP contribution in [0.3, 0.4) is 0 Å². The Bertz CT molecular complexity index is 499. The van der Waals surface area contributed by atoms with Crippen LogP contribution < -0.4 is 11.1 Å². The fourth-order valence-corrected chi connectivity index (χ4v) is 2.72. The number of rotatable bonds is 4. The zero-order valence-electron chi connectivity index (χ0n) is 12.6. The molecule has 1 heterocycles. The van der Waals surface area contributed by atoms with E-state index in [1.54, 1.807) is 0 Å². The van der Waals surface area contributed by atoms with Crippen molar-refractivity contribution >= 4 is 29.9 Å². The van der Waals surface area contributed by atoms with E-state index in [2.05, 4.69) is 46.4 Å². The van der Waals surface area contributed by atoms with Gasteiger partial charge in [-0.05, 0) is 37.3 Å². The number of benzene rings is 1. The summed E-state index contributed by atoms with van der Waals surface area (Å²) in [7, 11) is 0. The van der Waals surface area contributed by atoms with Crippen molar-refractivity contribution in [3.63, 3.8) is 0 Å². The van der Waals surface area contributed by atoms with E-state index in [0.717, 1.165) is 26.1 Å². The first-order valence-corrected chi connectivity index (χ1v) is 7.59. The number of aliphatic imine (C=N–C) groups is 1. The maximum Gasteiger partial charge on any atom is 0.188 e. The van der Waals surface area contributed by atoms with Crippen molar-refractivity contribution in [2.75, 3.05) is 13.1 Å². The maximum atomic E-state index is 5.89. The number of nitrogens with two attached hydrogens (primary N) is 1. The van der Waals surface area contributed by atoms with E-state index in [4.69, 9.17) is 5.73 Å². The third-order valence-electron chi connectivity index (χ3n) is 4.24. The predicted octanol–water partition coefficient (Wildman–Crippen LogP) is 2.12. The third kappa shape index (κ3) is 4.57. The Labute approximate surface area is 144 Å². The van der Waals surface area contributed by atoms with Crippen molar-refractivity contribution < 1.29 is 0 Å². The molecule has 116 valence electrons. The molecule has 1 aliphatic heterocycles. The first kappa shape index (κ1) is 16.5. The first-order chi connectivity index (χ1) is 9.72. The zero-order chi connectivity index (χ0) is 13.9. The Morgan fingerprint density at radius 1 is 1.38 bits per heavy atom. The molecule has 21 heavy (non-hydrogen) atoms. The molecule has 1 unspecified atom stereocenters. The zero-order valence-corrected chi connectivity index (χ0v) is 14.9. The van der Waals surface area contributed by atoms with Gasteiger partial charge < -0.3 is 11.1 Å². The van der Waals surface area contributed by atoms with Gasteiger partial charge in [0, 0.05) is 25.2 Å². The standard InChI is InChI=1S/C16H24N4.HI/c1-12(10-18-16(17)19-15-6-7-15)20-9-8-13-4-2-3-5-14(13)11-20;/h2-5,12,15H,6-11H2,1H3,(H3,17,18,19);1H. The lowest BCUT2D eigenvalue weighted by Gasteiger charge is -2.33. The van der Waals surface area contributed by atoms with Crippen LogP contribution in [-0.2, 0) is 13.0 Å². The fourth-order valence-electron chi connectivity index (χ4n) is 2.72. The van der Waals surface area contributed by atoms with Crippen molar-refractivity contribution in [2.45, 2.75) is 44.8 Å². The Morgan fingerprint density at radius 3 is 2.81 bits per heavy atom. The van der Waals surface area contributed by atoms with Crippen LogP contribution in [0.15, 0.2) is 29.3 Å². The summed E-state index contributed by atoms with van der Waals surface area (Å²) in [6, 6.07) is 9.75. The predicted molar refractivity (Wildman–Crippen MR) is 98.1 cm³/mol. The molecule has 2 aliphatic rings. The minimum atomic E-state index is 0. The van der Waals surface area contributed by atoms with Crippen molar-refractivity contribution in [1.29, 1.82) is 0 Å². The number of hydrogen-bond acceptors (Lipinski definition) is 2. The van der Waals surface area contributed by atoms with Crippen LogP contribution in [0.4, 0.5) is 0 Å². The van der Waals surface area contributed by atoms with E-state index in [0.29, 0.717) is 18.0 Å². The van der Waals surface area contributed by atoms with Gasteiger partial charge in [-0.1, -0.05) is 24.3 Å². The number of guanidine groups is 1. The second-order valence-corrected chi connectivity index (χ2v) is 5.98. The van der Waals surface area contributed by atoms with E-state index in [9.17, 15) is 0 Å². The van der Waals surface area contributed by atoms with Crippen molar-refractivity contribution in [3.05, 3.63) is 35.4 Å². The summed E-state index contributed by atoms with van der Waals surface area (Å²) >= 11 is 0. The number of fused-ring (bicyclic) bond motifs is 1. The lowest BCUT2D eigenvalue weighted by molar-refractivity contribution is 0.195. The summed E-state index contributed by atoms with van der Waals surface area (Å²) in [5.74, 6) is 0.608. The molecule has 1 atom stereocenters. The Hall–Kier alpha value is -0.820. The average Bonchev–Trinajstić information content (AvgIpc) is 3.28. The fraction of sp³-hybridized carbons (Fsp3) is 0.562. The van der Waals surface area contributed by atoms with Crippen LogP contribution >= 0.6 is 24.0 Å². The van der Waals surface area contributed by atoms with Gasteiger partial charge in [0.2, 0.25) is 0 Å². The number of nitrogens with zero attached hydrogens (tertiary/aromatic N) is 2. The smallest absolute Gasteiger partial charge is 0.188 e. The first-order valence-electron chi connectivity index (χ1n) is 7.59. The second kappa shape index (κ2) is 7.45. The highest BCUT2D eigenvalue weighted by molar-refractivity contribution is 14.0. The van der Waals surface area contributed by atoms with Crippen LogP contribution in [0.2, 0.25) is 0 Å². The highest BCUT2D eigenvalue weighted by Gasteiger charge is 2.22. The summed E-state index contributed by atoms with van der Waals surface area (Å²) in [5.41, 5.74) is 8.84. The SMILES string of the molecule is CC(CN=C(N)NC1CC1)N1CCc2ccccc2C1.I.